The van der Waals surface area contributed by atoms with Gasteiger partial charge < -0.3 is 20.1 Å². The van der Waals surface area contributed by atoms with Gasteiger partial charge in [-0.3, -0.25) is 4.99 Å². The minimum Gasteiger partial charge on any atom is -0.493 e. The average Bonchev–Trinajstić information content (AvgIpc) is 2.53. The summed E-state index contributed by atoms with van der Waals surface area (Å²) in [6.07, 6.45) is 2.36. The van der Waals surface area contributed by atoms with Crippen LogP contribution in [0.2, 0.25) is 0 Å². The van der Waals surface area contributed by atoms with Crippen molar-refractivity contribution in [1.29, 1.82) is 0 Å². The molecule has 0 saturated heterocycles. The van der Waals surface area contributed by atoms with Gasteiger partial charge in [0.2, 0.25) is 0 Å². The molecular formula is C17H30IN3O2. The van der Waals surface area contributed by atoms with E-state index in [0.29, 0.717) is 6.54 Å². The number of para-hydroxylation sites is 1. The third-order valence-electron chi connectivity index (χ3n) is 3.41. The summed E-state index contributed by atoms with van der Waals surface area (Å²) in [5, 5.41) is 6.63. The Morgan fingerprint density at radius 2 is 1.91 bits per heavy atom. The van der Waals surface area contributed by atoms with E-state index in [4.69, 9.17) is 9.47 Å². The number of rotatable bonds is 8. The maximum absolute atomic E-state index is 5.43. The number of ether oxygens (including phenoxy) is 2. The number of hydrogen-bond acceptors (Lipinski definition) is 3. The van der Waals surface area contributed by atoms with Gasteiger partial charge >= 0.3 is 0 Å². The predicted molar refractivity (Wildman–Crippen MR) is 107 cm³/mol. The third kappa shape index (κ3) is 7.76. The molecular weight excluding hydrogens is 405 g/mol. The van der Waals surface area contributed by atoms with E-state index in [-0.39, 0.29) is 24.0 Å². The van der Waals surface area contributed by atoms with Crippen molar-refractivity contribution in [3.8, 4) is 11.5 Å². The lowest BCUT2D eigenvalue weighted by molar-refractivity contribution is 0.351. The van der Waals surface area contributed by atoms with Crippen molar-refractivity contribution in [2.45, 2.75) is 33.2 Å². The molecule has 5 nitrogen and oxygen atoms in total. The van der Waals surface area contributed by atoms with Crippen LogP contribution in [0, 0.1) is 5.92 Å². The molecule has 0 aliphatic heterocycles. The molecule has 0 spiro atoms. The Bertz CT molecular complexity index is 479. The quantitative estimate of drug-likeness (QED) is 0.285. The lowest BCUT2D eigenvalue weighted by atomic mass is 10.1. The zero-order valence-corrected chi connectivity index (χ0v) is 17.1. The monoisotopic (exact) mass is 435 g/mol. The number of nitrogens with one attached hydrogen (secondary N) is 2. The molecule has 0 aliphatic carbocycles. The molecule has 1 aromatic rings. The Morgan fingerprint density at radius 3 is 2.48 bits per heavy atom. The van der Waals surface area contributed by atoms with Crippen LogP contribution in [0.3, 0.4) is 0 Å². The standard InChI is InChI=1S/C17H29N3O2.HI/c1-13(2)8-7-11-19-17(18-3)20-12-14-9-6-10-15(21-4)16(14)22-5;/h6,9-10,13H,7-8,11-12H2,1-5H3,(H2,18,19,20);1H. The van der Waals surface area contributed by atoms with Crippen LogP contribution in [0.25, 0.3) is 0 Å². The first-order valence-corrected chi connectivity index (χ1v) is 7.76. The van der Waals surface area contributed by atoms with Crippen molar-refractivity contribution in [3.63, 3.8) is 0 Å². The topological polar surface area (TPSA) is 54.9 Å². The second-order valence-corrected chi connectivity index (χ2v) is 5.54. The minimum absolute atomic E-state index is 0. The Kier molecular flexibility index (Phi) is 11.6. The largest absolute Gasteiger partial charge is 0.493 e. The molecule has 0 fully saturated rings. The molecule has 132 valence electrons. The van der Waals surface area contributed by atoms with Gasteiger partial charge in [-0.05, 0) is 24.8 Å². The Morgan fingerprint density at radius 1 is 1.17 bits per heavy atom. The first-order valence-electron chi connectivity index (χ1n) is 7.76. The van der Waals surface area contributed by atoms with Crippen LogP contribution in [-0.2, 0) is 6.54 Å². The Balaban J connectivity index is 0.00000484. The van der Waals surface area contributed by atoms with E-state index in [1.807, 2.05) is 18.2 Å². The van der Waals surface area contributed by atoms with E-state index in [0.717, 1.165) is 41.9 Å². The second kappa shape index (κ2) is 12.3. The van der Waals surface area contributed by atoms with Gasteiger partial charge in [-0.15, -0.1) is 24.0 Å². The van der Waals surface area contributed by atoms with Gasteiger partial charge in [0.05, 0.1) is 14.2 Å². The number of hydrogen-bond donors (Lipinski definition) is 2. The van der Waals surface area contributed by atoms with Gasteiger partial charge in [0.1, 0.15) is 0 Å². The molecule has 0 saturated carbocycles. The molecule has 23 heavy (non-hydrogen) atoms. The van der Waals surface area contributed by atoms with Crippen LogP contribution in [0.15, 0.2) is 23.2 Å². The zero-order valence-electron chi connectivity index (χ0n) is 14.8. The lowest BCUT2D eigenvalue weighted by Gasteiger charge is -2.15. The number of benzene rings is 1. The summed E-state index contributed by atoms with van der Waals surface area (Å²) in [5.74, 6) is 3.03. The molecule has 6 heteroatoms. The van der Waals surface area contributed by atoms with Crippen LogP contribution >= 0.6 is 24.0 Å². The molecule has 0 bridgehead atoms. The van der Waals surface area contributed by atoms with Crippen molar-refractivity contribution >= 4 is 29.9 Å². The van der Waals surface area contributed by atoms with E-state index >= 15 is 0 Å². The highest BCUT2D eigenvalue weighted by atomic mass is 127. The molecule has 0 amide bonds. The predicted octanol–water partition coefficient (Wildman–Crippen LogP) is 3.42. The van der Waals surface area contributed by atoms with Crippen molar-refractivity contribution in [3.05, 3.63) is 23.8 Å². The highest BCUT2D eigenvalue weighted by Crippen LogP contribution is 2.30. The number of nitrogens with zero attached hydrogens (tertiary/aromatic N) is 1. The summed E-state index contributed by atoms with van der Waals surface area (Å²) in [7, 11) is 5.07. The van der Waals surface area contributed by atoms with Crippen LogP contribution < -0.4 is 20.1 Å². The van der Waals surface area contributed by atoms with Gasteiger partial charge in [0.15, 0.2) is 17.5 Å². The SMILES string of the molecule is CN=C(NCCCC(C)C)NCc1cccc(OC)c1OC.I. The minimum atomic E-state index is 0. The summed E-state index contributed by atoms with van der Waals surface area (Å²) in [4.78, 5) is 4.24. The Labute approximate surface area is 157 Å². The summed E-state index contributed by atoms with van der Waals surface area (Å²) in [6, 6.07) is 5.86. The normalized spacial score (nSPS) is 11.0. The van der Waals surface area contributed by atoms with E-state index < -0.39 is 0 Å². The van der Waals surface area contributed by atoms with E-state index in [1.165, 1.54) is 6.42 Å². The number of methoxy groups -OCH3 is 2. The molecule has 0 aromatic heterocycles. The van der Waals surface area contributed by atoms with Gasteiger partial charge in [-0.2, -0.15) is 0 Å². The molecule has 1 rings (SSSR count). The average molecular weight is 435 g/mol. The van der Waals surface area contributed by atoms with Crippen LogP contribution in [0.1, 0.15) is 32.3 Å². The van der Waals surface area contributed by atoms with Gasteiger partial charge in [0.25, 0.3) is 0 Å². The van der Waals surface area contributed by atoms with E-state index in [1.54, 1.807) is 21.3 Å². The Hall–Kier alpha value is -1.18. The van der Waals surface area contributed by atoms with Crippen LogP contribution in [0.4, 0.5) is 0 Å². The zero-order chi connectivity index (χ0) is 16.4. The van der Waals surface area contributed by atoms with E-state index in [9.17, 15) is 0 Å². The highest BCUT2D eigenvalue weighted by molar-refractivity contribution is 14.0. The second-order valence-electron chi connectivity index (χ2n) is 5.54. The smallest absolute Gasteiger partial charge is 0.191 e. The molecule has 0 heterocycles. The molecule has 0 radical (unpaired) electrons. The maximum atomic E-state index is 5.43. The van der Waals surface area contributed by atoms with Gasteiger partial charge in [-0.1, -0.05) is 26.0 Å². The maximum Gasteiger partial charge on any atom is 0.191 e. The summed E-state index contributed by atoms with van der Waals surface area (Å²) >= 11 is 0. The molecule has 1 aromatic carbocycles. The van der Waals surface area contributed by atoms with Gasteiger partial charge in [-0.25, -0.2) is 0 Å². The summed E-state index contributed by atoms with van der Waals surface area (Å²) in [6.45, 7) is 6.03. The number of aliphatic imine (C=N–C) groups is 1. The first-order chi connectivity index (χ1) is 10.6. The molecule has 0 atom stereocenters. The van der Waals surface area contributed by atoms with Crippen LogP contribution in [-0.4, -0.2) is 33.8 Å². The fourth-order valence-electron chi connectivity index (χ4n) is 2.21. The molecule has 2 N–H and O–H groups in total. The first kappa shape index (κ1) is 21.8. The molecule has 0 unspecified atom stereocenters. The number of halogens is 1. The van der Waals surface area contributed by atoms with Crippen molar-refractivity contribution in [2.24, 2.45) is 10.9 Å². The van der Waals surface area contributed by atoms with Gasteiger partial charge in [0, 0.05) is 25.7 Å². The number of guanidine groups is 1. The fraction of sp³-hybridized carbons (Fsp3) is 0.588. The van der Waals surface area contributed by atoms with Crippen molar-refractivity contribution in [1.82, 2.24) is 10.6 Å². The highest BCUT2D eigenvalue weighted by Gasteiger charge is 2.09. The van der Waals surface area contributed by atoms with E-state index in [2.05, 4.69) is 29.5 Å². The third-order valence-corrected chi connectivity index (χ3v) is 3.41. The molecule has 0 aliphatic rings. The van der Waals surface area contributed by atoms with Crippen molar-refractivity contribution < 1.29 is 9.47 Å². The van der Waals surface area contributed by atoms with Crippen molar-refractivity contribution in [2.75, 3.05) is 27.8 Å². The van der Waals surface area contributed by atoms with Crippen LogP contribution in [0.5, 0.6) is 11.5 Å². The summed E-state index contributed by atoms with van der Waals surface area (Å²) < 4.78 is 10.7. The lowest BCUT2D eigenvalue weighted by Crippen LogP contribution is -2.37. The summed E-state index contributed by atoms with van der Waals surface area (Å²) in [5.41, 5.74) is 1.03. The fourth-order valence-corrected chi connectivity index (χ4v) is 2.21.